The molecule has 0 bridgehead atoms. The molecule has 2 aromatic heterocycles. The molecule has 2 aliphatic heterocycles. The molecule has 0 aliphatic carbocycles. The van der Waals surface area contributed by atoms with E-state index in [0.29, 0.717) is 43.8 Å². The Labute approximate surface area is 127 Å². The molecule has 114 valence electrons. The molecule has 1 fully saturated rings. The molecule has 4 heterocycles. The van der Waals surface area contributed by atoms with Crippen LogP contribution < -0.4 is 9.64 Å². The summed E-state index contributed by atoms with van der Waals surface area (Å²) in [5, 5.41) is 4.31. The van der Waals surface area contributed by atoms with Crippen LogP contribution in [0.4, 0.5) is 5.95 Å². The van der Waals surface area contributed by atoms with Crippen LogP contribution >= 0.6 is 0 Å². The summed E-state index contributed by atoms with van der Waals surface area (Å²) in [4.78, 5) is 24.9. The van der Waals surface area contributed by atoms with E-state index in [2.05, 4.69) is 20.0 Å². The molecule has 0 spiro atoms. The molecule has 2 aliphatic rings. The van der Waals surface area contributed by atoms with Gasteiger partial charge in [-0.25, -0.2) is 14.6 Å². The number of aromatic nitrogens is 4. The Bertz CT molecular complexity index is 656. The van der Waals surface area contributed by atoms with Crippen LogP contribution in [0.15, 0.2) is 24.5 Å². The highest BCUT2D eigenvalue weighted by Crippen LogP contribution is 2.20. The monoisotopic (exact) mass is 300 g/mol. The molecule has 8 nitrogen and oxygen atoms in total. The van der Waals surface area contributed by atoms with Gasteiger partial charge in [0.1, 0.15) is 6.61 Å². The first-order valence-corrected chi connectivity index (χ1v) is 7.33. The van der Waals surface area contributed by atoms with E-state index >= 15 is 0 Å². The van der Waals surface area contributed by atoms with Crippen LogP contribution in [-0.2, 0) is 6.54 Å². The fourth-order valence-electron chi connectivity index (χ4n) is 2.74. The molecule has 1 amide bonds. The lowest BCUT2D eigenvalue weighted by molar-refractivity contribution is 0.0739. The molecule has 2 aromatic rings. The fraction of sp³-hybridized carbons (Fsp3) is 0.429. The van der Waals surface area contributed by atoms with Gasteiger partial charge in [-0.05, 0) is 6.07 Å². The second-order valence-corrected chi connectivity index (χ2v) is 5.27. The molecule has 22 heavy (non-hydrogen) atoms. The van der Waals surface area contributed by atoms with Crippen molar-refractivity contribution in [2.75, 3.05) is 37.7 Å². The van der Waals surface area contributed by atoms with E-state index in [-0.39, 0.29) is 5.91 Å². The van der Waals surface area contributed by atoms with Crippen molar-refractivity contribution in [3.05, 3.63) is 30.2 Å². The number of piperazine rings is 1. The van der Waals surface area contributed by atoms with Crippen LogP contribution in [0.3, 0.4) is 0 Å². The maximum Gasteiger partial charge on any atom is 0.274 e. The maximum absolute atomic E-state index is 12.5. The lowest BCUT2D eigenvalue weighted by Gasteiger charge is -2.34. The SMILES string of the molecule is O=C(c1cc2n(n1)CCO2)N1CCN(c2ncccn2)CC1. The molecule has 0 aromatic carbocycles. The van der Waals surface area contributed by atoms with Gasteiger partial charge in [-0.3, -0.25) is 4.79 Å². The lowest BCUT2D eigenvalue weighted by Crippen LogP contribution is -2.49. The quantitative estimate of drug-likeness (QED) is 0.779. The third kappa shape index (κ3) is 2.26. The number of carbonyl (C=O) groups excluding carboxylic acids is 1. The average molecular weight is 300 g/mol. The summed E-state index contributed by atoms with van der Waals surface area (Å²) in [6, 6.07) is 3.52. The van der Waals surface area contributed by atoms with Crippen molar-refractivity contribution in [3.63, 3.8) is 0 Å². The first-order valence-electron chi connectivity index (χ1n) is 7.33. The van der Waals surface area contributed by atoms with Crippen molar-refractivity contribution in [1.29, 1.82) is 0 Å². The zero-order chi connectivity index (χ0) is 14.9. The van der Waals surface area contributed by atoms with Gasteiger partial charge in [0.2, 0.25) is 11.8 Å². The largest absolute Gasteiger partial charge is 0.476 e. The van der Waals surface area contributed by atoms with Gasteiger partial charge in [-0.15, -0.1) is 0 Å². The number of anilines is 1. The van der Waals surface area contributed by atoms with Crippen molar-refractivity contribution in [2.24, 2.45) is 0 Å². The Hall–Kier alpha value is -2.64. The highest BCUT2D eigenvalue weighted by atomic mass is 16.5. The van der Waals surface area contributed by atoms with Crippen LogP contribution in [0.1, 0.15) is 10.5 Å². The number of rotatable bonds is 2. The Morgan fingerprint density at radius 1 is 1.09 bits per heavy atom. The summed E-state index contributed by atoms with van der Waals surface area (Å²) >= 11 is 0. The summed E-state index contributed by atoms with van der Waals surface area (Å²) in [5.74, 6) is 1.35. The number of amides is 1. The van der Waals surface area contributed by atoms with E-state index in [0.717, 1.165) is 13.1 Å². The molecule has 0 radical (unpaired) electrons. The summed E-state index contributed by atoms with van der Waals surface area (Å²) in [7, 11) is 0. The summed E-state index contributed by atoms with van der Waals surface area (Å²) in [5.41, 5.74) is 0.458. The molecule has 0 atom stereocenters. The topological polar surface area (TPSA) is 76.4 Å². The number of ether oxygens (including phenoxy) is 1. The lowest BCUT2D eigenvalue weighted by atomic mass is 10.3. The predicted molar refractivity (Wildman–Crippen MR) is 77.9 cm³/mol. The van der Waals surface area contributed by atoms with Crippen molar-refractivity contribution in [2.45, 2.75) is 6.54 Å². The summed E-state index contributed by atoms with van der Waals surface area (Å²) in [6.07, 6.45) is 3.46. The van der Waals surface area contributed by atoms with Gasteiger partial charge in [-0.1, -0.05) is 0 Å². The molecule has 4 rings (SSSR count). The molecule has 0 N–H and O–H groups in total. The van der Waals surface area contributed by atoms with Gasteiger partial charge in [0.25, 0.3) is 5.91 Å². The third-order valence-corrected chi connectivity index (χ3v) is 3.92. The average Bonchev–Trinajstić information content (AvgIpc) is 3.17. The minimum Gasteiger partial charge on any atom is -0.476 e. The summed E-state index contributed by atoms with van der Waals surface area (Å²) < 4.78 is 7.13. The first kappa shape index (κ1) is 13.1. The van der Waals surface area contributed by atoms with Crippen LogP contribution in [0.2, 0.25) is 0 Å². The van der Waals surface area contributed by atoms with E-state index in [1.54, 1.807) is 29.2 Å². The van der Waals surface area contributed by atoms with Crippen molar-refractivity contribution >= 4 is 11.9 Å². The number of nitrogens with zero attached hydrogens (tertiary/aromatic N) is 6. The van der Waals surface area contributed by atoms with Gasteiger partial charge >= 0.3 is 0 Å². The minimum atomic E-state index is -0.0425. The second-order valence-electron chi connectivity index (χ2n) is 5.27. The first-order chi connectivity index (χ1) is 10.8. The second kappa shape index (κ2) is 5.28. The maximum atomic E-state index is 12.5. The van der Waals surface area contributed by atoms with E-state index in [1.165, 1.54) is 0 Å². The molecule has 0 unspecified atom stereocenters. The van der Waals surface area contributed by atoms with Gasteiger partial charge in [0.15, 0.2) is 5.69 Å². The third-order valence-electron chi connectivity index (χ3n) is 3.92. The minimum absolute atomic E-state index is 0.0425. The van der Waals surface area contributed by atoms with E-state index in [4.69, 9.17) is 4.74 Å². The Kier molecular flexibility index (Phi) is 3.14. The molecular weight excluding hydrogens is 284 g/mol. The number of hydrogen-bond acceptors (Lipinski definition) is 6. The number of fused-ring (bicyclic) bond motifs is 1. The highest BCUT2D eigenvalue weighted by molar-refractivity contribution is 5.92. The van der Waals surface area contributed by atoms with Crippen molar-refractivity contribution in [3.8, 4) is 5.88 Å². The van der Waals surface area contributed by atoms with E-state index in [9.17, 15) is 4.79 Å². The van der Waals surface area contributed by atoms with Gasteiger partial charge in [0, 0.05) is 44.6 Å². The van der Waals surface area contributed by atoms with E-state index in [1.807, 2.05) is 4.90 Å². The van der Waals surface area contributed by atoms with Crippen LogP contribution in [0, 0.1) is 0 Å². The normalized spacial score (nSPS) is 17.3. The molecule has 0 saturated carbocycles. The van der Waals surface area contributed by atoms with Crippen LogP contribution in [0.25, 0.3) is 0 Å². The summed E-state index contributed by atoms with van der Waals surface area (Å²) in [6.45, 7) is 4.06. The van der Waals surface area contributed by atoms with Crippen LogP contribution in [-0.4, -0.2) is 63.3 Å². The van der Waals surface area contributed by atoms with Crippen molar-refractivity contribution < 1.29 is 9.53 Å². The van der Waals surface area contributed by atoms with Gasteiger partial charge in [0.05, 0.1) is 6.54 Å². The zero-order valence-electron chi connectivity index (χ0n) is 12.1. The Morgan fingerprint density at radius 2 is 1.86 bits per heavy atom. The number of hydrogen-bond donors (Lipinski definition) is 0. The van der Waals surface area contributed by atoms with Gasteiger partial charge < -0.3 is 14.5 Å². The predicted octanol–water partition coefficient (Wildman–Crippen LogP) is 0.0279. The zero-order valence-corrected chi connectivity index (χ0v) is 12.1. The molecule has 1 saturated heterocycles. The molecule has 8 heteroatoms. The van der Waals surface area contributed by atoms with E-state index < -0.39 is 0 Å². The standard InChI is InChI=1S/C14H16N6O2/c21-13(11-10-12-20(17-11)8-9-22-12)18-4-6-19(7-5-18)14-15-2-1-3-16-14/h1-3,10H,4-9H2. The van der Waals surface area contributed by atoms with Crippen molar-refractivity contribution in [1.82, 2.24) is 24.6 Å². The Balaban J connectivity index is 1.41. The Morgan fingerprint density at radius 3 is 2.59 bits per heavy atom. The number of carbonyl (C=O) groups is 1. The fourth-order valence-corrected chi connectivity index (χ4v) is 2.74. The molecular formula is C14H16N6O2. The highest BCUT2D eigenvalue weighted by Gasteiger charge is 2.26. The smallest absolute Gasteiger partial charge is 0.274 e. The van der Waals surface area contributed by atoms with Crippen LogP contribution in [0.5, 0.6) is 5.88 Å². The van der Waals surface area contributed by atoms with Gasteiger partial charge in [-0.2, -0.15) is 5.10 Å².